The Morgan fingerprint density at radius 3 is 2.81 bits per heavy atom. The summed E-state index contributed by atoms with van der Waals surface area (Å²) in [6.07, 6.45) is 3.80. The van der Waals surface area contributed by atoms with E-state index >= 15 is 0 Å². The first-order valence-electron chi connectivity index (χ1n) is 7.77. The molecular weight excluding hydrogens is 266 g/mol. The summed E-state index contributed by atoms with van der Waals surface area (Å²) in [5, 5.41) is 3.66. The number of benzene rings is 1. The second-order valence-corrected chi connectivity index (χ2v) is 6.81. The zero-order valence-electron chi connectivity index (χ0n) is 13.2. The summed E-state index contributed by atoms with van der Waals surface area (Å²) in [5.74, 6) is 2.29. The van der Waals surface area contributed by atoms with Gasteiger partial charge in [-0.3, -0.25) is 0 Å². The predicted octanol–water partition coefficient (Wildman–Crippen LogP) is 3.13. The van der Waals surface area contributed by atoms with Gasteiger partial charge in [0.15, 0.2) is 11.5 Å². The highest BCUT2D eigenvalue weighted by molar-refractivity contribution is 5.54. The second kappa shape index (κ2) is 5.76. The molecule has 0 spiro atoms. The Morgan fingerprint density at radius 1 is 1.29 bits per heavy atom. The van der Waals surface area contributed by atoms with Crippen molar-refractivity contribution in [3.8, 4) is 17.2 Å². The summed E-state index contributed by atoms with van der Waals surface area (Å²) >= 11 is 0. The van der Waals surface area contributed by atoms with Crippen molar-refractivity contribution in [2.45, 2.75) is 45.7 Å². The van der Waals surface area contributed by atoms with Crippen LogP contribution in [0.3, 0.4) is 0 Å². The van der Waals surface area contributed by atoms with Gasteiger partial charge < -0.3 is 19.5 Å². The highest BCUT2D eigenvalue weighted by Crippen LogP contribution is 2.41. The summed E-state index contributed by atoms with van der Waals surface area (Å²) in [6.45, 7) is 6.72. The molecule has 0 radical (unpaired) electrons. The SMILES string of the molecule is COc1cc(CNC2CCC(C)(C)C2)cc2c1OCCO2. The fourth-order valence-corrected chi connectivity index (χ4v) is 3.30. The van der Waals surface area contributed by atoms with E-state index in [4.69, 9.17) is 14.2 Å². The maximum atomic E-state index is 5.68. The molecule has 1 N–H and O–H groups in total. The van der Waals surface area contributed by atoms with Crippen LogP contribution in [-0.4, -0.2) is 26.4 Å². The zero-order chi connectivity index (χ0) is 14.9. The van der Waals surface area contributed by atoms with E-state index in [1.54, 1.807) is 7.11 Å². The van der Waals surface area contributed by atoms with Crippen LogP contribution in [0.1, 0.15) is 38.7 Å². The molecule has 2 aliphatic rings. The molecule has 1 aliphatic carbocycles. The molecule has 0 bridgehead atoms. The number of methoxy groups -OCH3 is 1. The van der Waals surface area contributed by atoms with E-state index in [2.05, 4.69) is 25.2 Å². The van der Waals surface area contributed by atoms with Crippen molar-refractivity contribution in [3.63, 3.8) is 0 Å². The van der Waals surface area contributed by atoms with Crippen molar-refractivity contribution in [1.82, 2.24) is 5.32 Å². The molecule has 4 heteroatoms. The van der Waals surface area contributed by atoms with Crippen molar-refractivity contribution < 1.29 is 14.2 Å². The van der Waals surface area contributed by atoms with E-state index in [1.807, 2.05) is 6.07 Å². The average molecular weight is 291 g/mol. The number of hydrogen-bond donors (Lipinski definition) is 1. The first kappa shape index (κ1) is 14.5. The van der Waals surface area contributed by atoms with E-state index in [0.29, 0.717) is 24.7 Å². The molecule has 1 unspecified atom stereocenters. The Bertz CT molecular complexity index is 496. The minimum absolute atomic E-state index is 0.474. The van der Waals surface area contributed by atoms with E-state index < -0.39 is 0 Å². The van der Waals surface area contributed by atoms with Crippen LogP contribution in [0.4, 0.5) is 0 Å². The van der Waals surface area contributed by atoms with E-state index in [0.717, 1.165) is 23.8 Å². The molecule has 1 aliphatic heterocycles. The highest BCUT2D eigenvalue weighted by atomic mass is 16.6. The van der Waals surface area contributed by atoms with Crippen LogP contribution >= 0.6 is 0 Å². The quantitative estimate of drug-likeness (QED) is 0.925. The van der Waals surface area contributed by atoms with Gasteiger partial charge in [0, 0.05) is 12.6 Å². The highest BCUT2D eigenvalue weighted by Gasteiger charge is 2.30. The van der Waals surface area contributed by atoms with Gasteiger partial charge in [-0.1, -0.05) is 13.8 Å². The monoisotopic (exact) mass is 291 g/mol. The van der Waals surface area contributed by atoms with Gasteiger partial charge in [-0.15, -0.1) is 0 Å². The molecule has 0 amide bonds. The van der Waals surface area contributed by atoms with Crippen LogP contribution in [0, 0.1) is 5.41 Å². The lowest BCUT2D eigenvalue weighted by Crippen LogP contribution is -2.27. The summed E-state index contributed by atoms with van der Waals surface area (Å²) in [6, 6.07) is 4.71. The van der Waals surface area contributed by atoms with E-state index in [9.17, 15) is 0 Å². The smallest absolute Gasteiger partial charge is 0.203 e. The summed E-state index contributed by atoms with van der Waals surface area (Å²) in [4.78, 5) is 0. The molecule has 1 atom stereocenters. The fraction of sp³-hybridized carbons (Fsp3) is 0.647. The lowest BCUT2D eigenvalue weighted by molar-refractivity contribution is 0.165. The second-order valence-electron chi connectivity index (χ2n) is 6.81. The number of ether oxygens (including phenoxy) is 3. The van der Waals surface area contributed by atoms with Crippen LogP contribution in [0.15, 0.2) is 12.1 Å². The van der Waals surface area contributed by atoms with Crippen molar-refractivity contribution in [2.75, 3.05) is 20.3 Å². The van der Waals surface area contributed by atoms with Crippen LogP contribution < -0.4 is 19.5 Å². The van der Waals surface area contributed by atoms with Gasteiger partial charge in [-0.2, -0.15) is 0 Å². The molecule has 4 nitrogen and oxygen atoms in total. The minimum Gasteiger partial charge on any atom is -0.493 e. The van der Waals surface area contributed by atoms with Crippen LogP contribution in [0.5, 0.6) is 17.2 Å². The number of hydrogen-bond acceptors (Lipinski definition) is 4. The fourth-order valence-electron chi connectivity index (χ4n) is 3.30. The summed E-state index contributed by atoms with van der Waals surface area (Å²) in [7, 11) is 1.67. The molecule has 0 saturated heterocycles. The number of nitrogens with one attached hydrogen (secondary N) is 1. The molecule has 116 valence electrons. The van der Waals surface area contributed by atoms with Crippen LogP contribution in [0.2, 0.25) is 0 Å². The van der Waals surface area contributed by atoms with Crippen molar-refractivity contribution >= 4 is 0 Å². The van der Waals surface area contributed by atoms with Gasteiger partial charge in [0.2, 0.25) is 5.75 Å². The lowest BCUT2D eigenvalue weighted by atomic mass is 9.92. The third kappa shape index (κ3) is 3.26. The summed E-state index contributed by atoms with van der Waals surface area (Å²) in [5.41, 5.74) is 1.66. The Balaban J connectivity index is 1.68. The standard InChI is InChI=1S/C17H25NO3/c1-17(2)5-4-13(10-17)18-11-12-8-14(19-3)16-15(9-12)20-6-7-21-16/h8-9,13,18H,4-7,10-11H2,1-3H3. The van der Waals surface area contributed by atoms with Crippen LogP contribution in [0.25, 0.3) is 0 Å². The van der Waals surface area contributed by atoms with Gasteiger partial charge >= 0.3 is 0 Å². The maximum Gasteiger partial charge on any atom is 0.203 e. The Labute approximate surface area is 126 Å². The third-order valence-electron chi connectivity index (χ3n) is 4.45. The van der Waals surface area contributed by atoms with Gasteiger partial charge in [-0.25, -0.2) is 0 Å². The van der Waals surface area contributed by atoms with E-state index in [-0.39, 0.29) is 0 Å². The molecule has 1 saturated carbocycles. The maximum absolute atomic E-state index is 5.68. The predicted molar refractivity (Wildman–Crippen MR) is 82.2 cm³/mol. The first-order valence-corrected chi connectivity index (χ1v) is 7.77. The molecule has 21 heavy (non-hydrogen) atoms. The van der Waals surface area contributed by atoms with E-state index in [1.165, 1.54) is 24.8 Å². The largest absolute Gasteiger partial charge is 0.493 e. The van der Waals surface area contributed by atoms with Gasteiger partial charge in [0.05, 0.1) is 7.11 Å². The minimum atomic E-state index is 0.474. The zero-order valence-corrected chi connectivity index (χ0v) is 13.2. The molecule has 1 fully saturated rings. The first-order chi connectivity index (χ1) is 10.1. The average Bonchev–Trinajstić information content (AvgIpc) is 2.83. The molecule has 1 aromatic carbocycles. The van der Waals surface area contributed by atoms with Crippen molar-refractivity contribution in [1.29, 1.82) is 0 Å². The molecule has 0 aromatic heterocycles. The lowest BCUT2D eigenvalue weighted by Gasteiger charge is -2.22. The molecule has 3 rings (SSSR count). The Kier molecular flexibility index (Phi) is 3.98. The topological polar surface area (TPSA) is 39.7 Å². The molecule has 1 heterocycles. The number of rotatable bonds is 4. The van der Waals surface area contributed by atoms with Gasteiger partial charge in [-0.05, 0) is 42.4 Å². The van der Waals surface area contributed by atoms with Crippen molar-refractivity contribution in [3.05, 3.63) is 17.7 Å². The van der Waals surface area contributed by atoms with Gasteiger partial charge in [0.25, 0.3) is 0 Å². The Morgan fingerprint density at radius 2 is 2.10 bits per heavy atom. The van der Waals surface area contributed by atoms with Crippen LogP contribution in [-0.2, 0) is 6.54 Å². The Hall–Kier alpha value is -1.42. The molecular formula is C17H25NO3. The number of fused-ring (bicyclic) bond motifs is 1. The summed E-state index contributed by atoms with van der Waals surface area (Å²) < 4.78 is 16.7. The van der Waals surface area contributed by atoms with Gasteiger partial charge in [0.1, 0.15) is 13.2 Å². The third-order valence-corrected chi connectivity index (χ3v) is 4.45. The molecule has 1 aromatic rings. The normalized spacial score (nSPS) is 23.1. The van der Waals surface area contributed by atoms with Crippen molar-refractivity contribution in [2.24, 2.45) is 5.41 Å².